The van der Waals surface area contributed by atoms with Crippen molar-refractivity contribution in [3.8, 4) is 0 Å². The van der Waals surface area contributed by atoms with Crippen LogP contribution in [0, 0.1) is 0 Å². The van der Waals surface area contributed by atoms with Crippen LogP contribution in [0.3, 0.4) is 0 Å². The summed E-state index contributed by atoms with van der Waals surface area (Å²) in [4.78, 5) is 37.0. The highest BCUT2D eigenvalue weighted by atomic mass is 16.2. The van der Waals surface area contributed by atoms with Gasteiger partial charge >= 0.3 is 0 Å². The Labute approximate surface area is 146 Å². The summed E-state index contributed by atoms with van der Waals surface area (Å²) in [6.07, 6.45) is -0.240. The molecule has 0 aliphatic carbocycles. The Kier molecular flexibility index (Phi) is 6.28. The minimum atomic E-state index is -0.383. The first-order valence-electron chi connectivity index (χ1n) is 8.02. The number of carbonyl (C=O) groups is 3. The molecule has 0 atom stereocenters. The monoisotopic (exact) mass is 339 g/mol. The van der Waals surface area contributed by atoms with Crippen molar-refractivity contribution >= 4 is 34.8 Å². The minimum Gasteiger partial charge on any atom is -0.326 e. The Hall–Kier alpha value is -3.15. The third kappa shape index (κ3) is 5.46. The van der Waals surface area contributed by atoms with Crippen molar-refractivity contribution in [2.75, 3.05) is 22.1 Å². The Morgan fingerprint density at radius 2 is 1.44 bits per heavy atom. The van der Waals surface area contributed by atoms with Gasteiger partial charge in [-0.1, -0.05) is 18.2 Å². The van der Waals surface area contributed by atoms with E-state index in [2.05, 4.69) is 10.6 Å². The third-order valence-corrected chi connectivity index (χ3v) is 3.49. The summed E-state index contributed by atoms with van der Waals surface area (Å²) in [5.74, 6) is -0.810. The molecule has 0 unspecified atom stereocenters. The van der Waals surface area contributed by atoms with Gasteiger partial charge in [0, 0.05) is 30.5 Å². The molecule has 0 saturated carbocycles. The quantitative estimate of drug-likeness (QED) is 0.794. The number of nitrogens with zero attached hydrogens (tertiary/aromatic N) is 1. The molecule has 2 aromatic rings. The first-order valence-corrected chi connectivity index (χ1v) is 8.02. The molecule has 0 radical (unpaired) electrons. The Morgan fingerprint density at radius 1 is 0.880 bits per heavy atom. The number of hydrogen-bond donors (Lipinski definition) is 2. The van der Waals surface area contributed by atoms with E-state index in [4.69, 9.17) is 0 Å². The highest BCUT2D eigenvalue weighted by molar-refractivity contribution is 6.09. The predicted molar refractivity (Wildman–Crippen MR) is 98.5 cm³/mol. The minimum absolute atomic E-state index is 0.164. The highest BCUT2D eigenvalue weighted by Crippen LogP contribution is 2.16. The van der Waals surface area contributed by atoms with Crippen LogP contribution in [-0.4, -0.2) is 24.3 Å². The summed E-state index contributed by atoms with van der Waals surface area (Å²) in [7, 11) is 0. The molecule has 130 valence electrons. The van der Waals surface area contributed by atoms with Crippen molar-refractivity contribution in [1.82, 2.24) is 0 Å². The van der Waals surface area contributed by atoms with Crippen molar-refractivity contribution < 1.29 is 14.4 Å². The largest absolute Gasteiger partial charge is 0.326 e. The fourth-order valence-corrected chi connectivity index (χ4v) is 2.39. The summed E-state index contributed by atoms with van der Waals surface area (Å²) < 4.78 is 0. The number of amides is 3. The number of benzene rings is 2. The molecule has 0 spiro atoms. The number of hydrogen-bond acceptors (Lipinski definition) is 3. The zero-order valence-corrected chi connectivity index (χ0v) is 14.3. The van der Waals surface area contributed by atoms with Crippen molar-refractivity contribution in [2.45, 2.75) is 20.3 Å². The topological polar surface area (TPSA) is 78.5 Å². The van der Waals surface area contributed by atoms with Crippen molar-refractivity contribution in [3.05, 3.63) is 54.6 Å². The molecule has 2 aromatic carbocycles. The molecule has 0 aliphatic heterocycles. The second-order valence-corrected chi connectivity index (χ2v) is 5.46. The summed E-state index contributed by atoms with van der Waals surface area (Å²) >= 11 is 0. The second kappa shape index (κ2) is 8.63. The maximum absolute atomic E-state index is 12.4. The third-order valence-electron chi connectivity index (χ3n) is 3.49. The summed E-state index contributed by atoms with van der Waals surface area (Å²) in [6.45, 7) is 3.78. The van der Waals surface area contributed by atoms with Crippen molar-refractivity contribution in [3.63, 3.8) is 0 Å². The highest BCUT2D eigenvalue weighted by Gasteiger charge is 2.17. The van der Waals surface area contributed by atoms with E-state index in [1.165, 1.54) is 6.92 Å². The predicted octanol–water partition coefficient (Wildman–Crippen LogP) is 3.03. The summed E-state index contributed by atoms with van der Waals surface area (Å²) in [5.41, 5.74) is 1.97. The average molecular weight is 339 g/mol. The number of para-hydroxylation sites is 1. The van der Waals surface area contributed by atoms with E-state index < -0.39 is 0 Å². The Bertz CT molecular complexity index is 742. The number of rotatable bonds is 6. The summed E-state index contributed by atoms with van der Waals surface area (Å²) in [6, 6.07) is 15.9. The van der Waals surface area contributed by atoms with E-state index in [1.807, 2.05) is 37.3 Å². The molecule has 3 amide bonds. The fraction of sp³-hybridized carbons (Fsp3) is 0.211. The molecule has 25 heavy (non-hydrogen) atoms. The molecule has 0 aromatic heterocycles. The Balaban J connectivity index is 1.94. The lowest BCUT2D eigenvalue weighted by molar-refractivity contribution is -0.125. The van der Waals surface area contributed by atoms with E-state index in [0.717, 1.165) is 5.69 Å². The molecule has 2 N–H and O–H groups in total. The van der Waals surface area contributed by atoms with Gasteiger partial charge in [-0.15, -0.1) is 0 Å². The average Bonchev–Trinajstić information content (AvgIpc) is 2.57. The van der Waals surface area contributed by atoms with Gasteiger partial charge in [0.15, 0.2) is 0 Å². The number of nitrogens with one attached hydrogen (secondary N) is 2. The van der Waals surface area contributed by atoms with Gasteiger partial charge in [-0.2, -0.15) is 0 Å². The molecule has 0 saturated heterocycles. The molecular formula is C19H21N3O3. The maximum Gasteiger partial charge on any atom is 0.236 e. The SMILES string of the molecule is CCN(C(=O)CC(=O)Nc1ccc(NC(C)=O)cc1)c1ccccc1. The number of anilines is 3. The first kappa shape index (κ1) is 18.2. The smallest absolute Gasteiger partial charge is 0.236 e. The lowest BCUT2D eigenvalue weighted by Gasteiger charge is -2.20. The van der Waals surface area contributed by atoms with E-state index in [0.29, 0.717) is 17.9 Å². The summed E-state index contributed by atoms with van der Waals surface area (Å²) in [5, 5.41) is 5.33. The van der Waals surface area contributed by atoms with Crippen molar-refractivity contribution in [1.29, 1.82) is 0 Å². The van der Waals surface area contributed by atoms with Crippen LogP contribution in [0.15, 0.2) is 54.6 Å². The van der Waals surface area contributed by atoms with Crippen LogP contribution in [0.4, 0.5) is 17.1 Å². The van der Waals surface area contributed by atoms with Crippen LogP contribution in [0.2, 0.25) is 0 Å². The molecule has 2 rings (SSSR count). The molecule has 6 nitrogen and oxygen atoms in total. The van der Waals surface area contributed by atoms with E-state index in [9.17, 15) is 14.4 Å². The van der Waals surface area contributed by atoms with E-state index in [-0.39, 0.29) is 24.1 Å². The first-order chi connectivity index (χ1) is 12.0. The molecule has 0 heterocycles. The van der Waals surface area contributed by atoms with E-state index in [1.54, 1.807) is 29.2 Å². The van der Waals surface area contributed by atoms with Crippen LogP contribution in [0.25, 0.3) is 0 Å². The van der Waals surface area contributed by atoms with Gasteiger partial charge in [0.05, 0.1) is 0 Å². The Morgan fingerprint density at radius 3 is 1.96 bits per heavy atom. The van der Waals surface area contributed by atoms with Gasteiger partial charge in [-0.05, 0) is 43.3 Å². The molecule has 6 heteroatoms. The van der Waals surface area contributed by atoms with Gasteiger partial charge in [-0.3, -0.25) is 14.4 Å². The number of carbonyl (C=O) groups excluding carboxylic acids is 3. The maximum atomic E-state index is 12.4. The zero-order valence-electron chi connectivity index (χ0n) is 14.3. The molecule has 0 aliphatic rings. The van der Waals surface area contributed by atoms with Gasteiger partial charge in [-0.25, -0.2) is 0 Å². The normalized spacial score (nSPS) is 10.0. The van der Waals surface area contributed by atoms with Gasteiger partial charge < -0.3 is 15.5 Å². The van der Waals surface area contributed by atoms with Gasteiger partial charge in [0.1, 0.15) is 6.42 Å². The van der Waals surface area contributed by atoms with Gasteiger partial charge in [0.2, 0.25) is 17.7 Å². The fourth-order valence-electron chi connectivity index (χ4n) is 2.39. The lowest BCUT2D eigenvalue weighted by Crippen LogP contribution is -2.33. The molecule has 0 bridgehead atoms. The van der Waals surface area contributed by atoms with Gasteiger partial charge in [0.25, 0.3) is 0 Å². The van der Waals surface area contributed by atoms with Crippen LogP contribution < -0.4 is 15.5 Å². The molecular weight excluding hydrogens is 318 g/mol. The van der Waals surface area contributed by atoms with E-state index >= 15 is 0 Å². The zero-order chi connectivity index (χ0) is 18.2. The second-order valence-electron chi connectivity index (χ2n) is 5.46. The standard InChI is InChI=1S/C19H21N3O3/c1-3-22(17-7-5-4-6-8-17)19(25)13-18(24)21-16-11-9-15(10-12-16)20-14(2)23/h4-12H,3,13H2,1-2H3,(H,20,23)(H,21,24). The molecule has 0 fully saturated rings. The van der Waals surface area contributed by atoms with Crippen LogP contribution in [-0.2, 0) is 14.4 Å². The lowest BCUT2D eigenvalue weighted by atomic mass is 10.2. The van der Waals surface area contributed by atoms with Crippen LogP contribution >= 0.6 is 0 Å². The van der Waals surface area contributed by atoms with Crippen LogP contribution in [0.5, 0.6) is 0 Å². The van der Waals surface area contributed by atoms with Crippen molar-refractivity contribution in [2.24, 2.45) is 0 Å². The van der Waals surface area contributed by atoms with Crippen LogP contribution in [0.1, 0.15) is 20.3 Å².